The van der Waals surface area contributed by atoms with Crippen LogP contribution in [0.15, 0.2) is 18.2 Å². The summed E-state index contributed by atoms with van der Waals surface area (Å²) < 4.78 is 25.0. The fraction of sp³-hybridized carbons (Fsp3) is 0.467. The number of aryl methyl sites for hydroxylation is 1. The van der Waals surface area contributed by atoms with Gasteiger partial charge < -0.3 is 15.7 Å². The molecule has 0 spiro atoms. The third kappa shape index (κ3) is 4.45. The monoisotopic (exact) mass is 355 g/mol. The molecule has 24 heavy (non-hydrogen) atoms. The number of anilines is 2. The van der Waals surface area contributed by atoms with Gasteiger partial charge in [0.05, 0.1) is 11.9 Å². The lowest BCUT2D eigenvalue weighted by atomic mass is 10.0. The van der Waals surface area contributed by atoms with Crippen molar-refractivity contribution < 1.29 is 23.1 Å². The van der Waals surface area contributed by atoms with Crippen LogP contribution in [0.1, 0.15) is 18.4 Å². The highest BCUT2D eigenvalue weighted by Gasteiger charge is 2.24. The van der Waals surface area contributed by atoms with Gasteiger partial charge in [0.25, 0.3) is 0 Å². The molecule has 9 heteroatoms. The van der Waals surface area contributed by atoms with Crippen molar-refractivity contribution >= 4 is 33.2 Å². The Morgan fingerprint density at radius 3 is 2.71 bits per heavy atom. The van der Waals surface area contributed by atoms with Crippen molar-refractivity contribution in [1.29, 1.82) is 0 Å². The van der Waals surface area contributed by atoms with E-state index >= 15 is 0 Å². The van der Waals surface area contributed by atoms with Crippen LogP contribution in [0.5, 0.6) is 0 Å². The molecule has 0 aliphatic carbocycles. The van der Waals surface area contributed by atoms with Gasteiger partial charge in [-0.1, -0.05) is 0 Å². The molecule has 0 fully saturated rings. The minimum Gasteiger partial charge on any atom is -0.396 e. The Labute approximate surface area is 140 Å². The molecule has 0 unspecified atom stereocenters. The first kappa shape index (κ1) is 18.2. The van der Waals surface area contributed by atoms with Gasteiger partial charge in [-0.2, -0.15) is 0 Å². The van der Waals surface area contributed by atoms with E-state index in [9.17, 15) is 18.0 Å². The standard InChI is InChI=1S/C15H21N3O5S/c1-24(22,23)18-8-2-4-11-10-12(5-6-13(11)18)17-15(21)14(20)16-7-3-9-19/h5-6,10,19H,2-4,7-9H2,1H3,(H,16,20)(H,17,21). The summed E-state index contributed by atoms with van der Waals surface area (Å²) in [6.45, 7) is 0.588. The van der Waals surface area contributed by atoms with E-state index in [0.29, 0.717) is 37.2 Å². The molecule has 0 saturated heterocycles. The van der Waals surface area contributed by atoms with Crippen molar-refractivity contribution in [3.05, 3.63) is 23.8 Å². The second-order valence-corrected chi connectivity index (χ2v) is 7.48. The molecule has 1 aromatic rings. The van der Waals surface area contributed by atoms with Gasteiger partial charge in [-0.15, -0.1) is 0 Å². The molecule has 1 aliphatic rings. The number of nitrogens with one attached hydrogen (secondary N) is 2. The predicted molar refractivity (Wildman–Crippen MR) is 90.3 cm³/mol. The minimum absolute atomic E-state index is 0.0659. The van der Waals surface area contributed by atoms with Crippen molar-refractivity contribution in [1.82, 2.24) is 5.32 Å². The van der Waals surface area contributed by atoms with Gasteiger partial charge in [0.1, 0.15) is 0 Å². The Morgan fingerprint density at radius 1 is 1.29 bits per heavy atom. The summed E-state index contributed by atoms with van der Waals surface area (Å²) >= 11 is 0. The maximum absolute atomic E-state index is 11.8. The second-order valence-electron chi connectivity index (χ2n) is 5.57. The zero-order valence-electron chi connectivity index (χ0n) is 13.4. The molecule has 0 aromatic heterocycles. The average Bonchev–Trinajstić information content (AvgIpc) is 2.53. The van der Waals surface area contributed by atoms with Crippen molar-refractivity contribution in [3.8, 4) is 0 Å². The van der Waals surface area contributed by atoms with E-state index in [4.69, 9.17) is 5.11 Å². The second kappa shape index (κ2) is 7.63. The molecule has 2 amide bonds. The first-order chi connectivity index (χ1) is 11.3. The molecule has 1 aromatic carbocycles. The number of amides is 2. The lowest BCUT2D eigenvalue weighted by molar-refractivity contribution is -0.136. The molecule has 3 N–H and O–H groups in total. The Hall–Kier alpha value is -2.13. The van der Waals surface area contributed by atoms with Crippen LogP contribution in [0.4, 0.5) is 11.4 Å². The van der Waals surface area contributed by atoms with Gasteiger partial charge >= 0.3 is 11.8 Å². The molecule has 0 bridgehead atoms. The summed E-state index contributed by atoms with van der Waals surface area (Å²) in [5, 5.41) is 13.5. The third-order valence-electron chi connectivity index (χ3n) is 3.64. The van der Waals surface area contributed by atoms with Crippen LogP contribution in [-0.2, 0) is 26.0 Å². The number of aliphatic hydroxyl groups excluding tert-OH is 1. The smallest absolute Gasteiger partial charge is 0.313 e. The van der Waals surface area contributed by atoms with Crippen molar-refractivity contribution in [2.75, 3.05) is 35.6 Å². The minimum atomic E-state index is -3.34. The third-order valence-corrected chi connectivity index (χ3v) is 4.82. The Kier molecular flexibility index (Phi) is 5.79. The fourth-order valence-corrected chi connectivity index (χ4v) is 3.53. The van der Waals surface area contributed by atoms with E-state index in [-0.39, 0.29) is 13.2 Å². The van der Waals surface area contributed by atoms with Crippen molar-refractivity contribution in [2.45, 2.75) is 19.3 Å². The largest absolute Gasteiger partial charge is 0.396 e. The van der Waals surface area contributed by atoms with Crippen LogP contribution >= 0.6 is 0 Å². The number of rotatable bonds is 5. The maximum Gasteiger partial charge on any atom is 0.313 e. The molecule has 1 heterocycles. The number of nitrogens with zero attached hydrogens (tertiary/aromatic N) is 1. The SMILES string of the molecule is CS(=O)(=O)N1CCCc2cc(NC(=O)C(=O)NCCCO)ccc21. The summed E-state index contributed by atoms with van der Waals surface area (Å²) in [7, 11) is -3.34. The van der Waals surface area contributed by atoms with E-state index in [1.54, 1.807) is 18.2 Å². The number of fused-ring (bicyclic) bond motifs is 1. The summed E-state index contributed by atoms with van der Waals surface area (Å²) in [6.07, 6.45) is 2.93. The van der Waals surface area contributed by atoms with Gasteiger partial charge in [-0.25, -0.2) is 8.42 Å². The molecular formula is C15H21N3O5S. The summed E-state index contributed by atoms with van der Waals surface area (Å²) in [4.78, 5) is 23.4. The summed E-state index contributed by atoms with van der Waals surface area (Å²) in [5.74, 6) is -1.58. The Morgan fingerprint density at radius 2 is 2.04 bits per heavy atom. The predicted octanol–water partition coefficient (Wildman–Crippen LogP) is -0.164. The lowest BCUT2D eigenvalue weighted by Crippen LogP contribution is -2.36. The van der Waals surface area contributed by atoms with Gasteiger partial charge in [0.15, 0.2) is 0 Å². The molecule has 0 radical (unpaired) electrons. The van der Waals surface area contributed by atoms with Crippen LogP contribution in [0.25, 0.3) is 0 Å². The van der Waals surface area contributed by atoms with Crippen molar-refractivity contribution in [2.24, 2.45) is 0 Å². The number of aliphatic hydroxyl groups is 1. The van der Waals surface area contributed by atoms with E-state index in [0.717, 1.165) is 11.8 Å². The lowest BCUT2D eigenvalue weighted by Gasteiger charge is -2.29. The highest BCUT2D eigenvalue weighted by Crippen LogP contribution is 2.31. The van der Waals surface area contributed by atoms with Gasteiger partial charge in [0, 0.05) is 25.4 Å². The zero-order valence-corrected chi connectivity index (χ0v) is 14.2. The van der Waals surface area contributed by atoms with E-state index < -0.39 is 21.8 Å². The number of hydrogen-bond donors (Lipinski definition) is 3. The molecular weight excluding hydrogens is 334 g/mol. The van der Waals surface area contributed by atoms with Gasteiger partial charge in [-0.05, 0) is 43.0 Å². The topological polar surface area (TPSA) is 116 Å². The maximum atomic E-state index is 11.8. The van der Waals surface area contributed by atoms with Crippen molar-refractivity contribution in [3.63, 3.8) is 0 Å². The molecule has 2 rings (SSSR count). The number of benzene rings is 1. The first-order valence-corrected chi connectivity index (χ1v) is 9.48. The average molecular weight is 355 g/mol. The fourth-order valence-electron chi connectivity index (χ4n) is 2.53. The van der Waals surface area contributed by atoms with Crippen LogP contribution in [0, 0.1) is 0 Å². The van der Waals surface area contributed by atoms with Crippen LogP contribution in [-0.4, -0.2) is 51.3 Å². The van der Waals surface area contributed by atoms with Gasteiger partial charge in [-0.3, -0.25) is 13.9 Å². The highest BCUT2D eigenvalue weighted by atomic mass is 32.2. The molecule has 1 aliphatic heterocycles. The van der Waals surface area contributed by atoms with E-state index in [1.807, 2.05) is 0 Å². The van der Waals surface area contributed by atoms with Crippen LogP contribution in [0.3, 0.4) is 0 Å². The Balaban J connectivity index is 2.09. The summed E-state index contributed by atoms with van der Waals surface area (Å²) in [5.41, 5.74) is 1.85. The Bertz CT molecular complexity index is 733. The summed E-state index contributed by atoms with van der Waals surface area (Å²) in [6, 6.07) is 4.89. The number of sulfonamides is 1. The number of carbonyl (C=O) groups excluding carboxylic acids is 2. The highest BCUT2D eigenvalue weighted by molar-refractivity contribution is 7.92. The molecule has 0 atom stereocenters. The number of carbonyl (C=O) groups is 2. The molecule has 0 saturated carbocycles. The van der Waals surface area contributed by atoms with E-state index in [1.165, 1.54) is 4.31 Å². The van der Waals surface area contributed by atoms with Crippen LogP contribution < -0.4 is 14.9 Å². The number of hydrogen-bond acceptors (Lipinski definition) is 5. The zero-order chi connectivity index (χ0) is 17.7. The molecule has 8 nitrogen and oxygen atoms in total. The normalized spacial score (nSPS) is 14.0. The van der Waals surface area contributed by atoms with E-state index in [2.05, 4.69) is 10.6 Å². The molecule has 132 valence electrons. The van der Waals surface area contributed by atoms with Gasteiger partial charge in [0.2, 0.25) is 10.0 Å². The first-order valence-electron chi connectivity index (χ1n) is 7.63. The quantitative estimate of drug-likeness (QED) is 0.501. The van der Waals surface area contributed by atoms with Crippen LogP contribution in [0.2, 0.25) is 0 Å².